The molecule has 0 radical (unpaired) electrons. The van der Waals surface area contributed by atoms with Gasteiger partial charge in [0, 0.05) is 49.5 Å². The minimum atomic E-state index is 0.248. The first-order valence-electron chi connectivity index (χ1n) is 8.30. The summed E-state index contributed by atoms with van der Waals surface area (Å²) in [6.45, 7) is 4.55. The molecule has 0 amide bonds. The van der Waals surface area contributed by atoms with Gasteiger partial charge in [-0.25, -0.2) is 0 Å². The average molecular weight is 346 g/mol. The molecule has 5 heteroatoms. The fourth-order valence-corrected chi connectivity index (χ4v) is 3.47. The third-order valence-corrected chi connectivity index (χ3v) is 4.89. The summed E-state index contributed by atoms with van der Waals surface area (Å²) in [5.74, 6) is 0.875. The number of hydrogen-bond donors (Lipinski definition) is 1. The molecule has 2 N–H and O–H groups in total. The second-order valence-electron chi connectivity index (χ2n) is 6.03. The normalized spacial score (nSPS) is 16.9. The van der Waals surface area contributed by atoms with E-state index in [2.05, 4.69) is 28.0 Å². The largest absolute Gasteiger partial charge is 0.497 e. The fourth-order valence-electron chi connectivity index (χ4n) is 3.29. The Balaban J connectivity index is 1.65. The van der Waals surface area contributed by atoms with E-state index >= 15 is 0 Å². The van der Waals surface area contributed by atoms with Crippen molar-refractivity contribution in [3.05, 3.63) is 59.1 Å². The van der Waals surface area contributed by atoms with Crippen molar-refractivity contribution >= 4 is 17.3 Å². The van der Waals surface area contributed by atoms with Crippen molar-refractivity contribution in [3.8, 4) is 5.75 Å². The van der Waals surface area contributed by atoms with Gasteiger partial charge >= 0.3 is 0 Å². The Morgan fingerprint density at radius 2 is 1.79 bits per heavy atom. The van der Waals surface area contributed by atoms with Gasteiger partial charge in [0.05, 0.1) is 7.11 Å². The van der Waals surface area contributed by atoms with Gasteiger partial charge in [0.15, 0.2) is 0 Å². The quantitative estimate of drug-likeness (QED) is 0.903. The van der Waals surface area contributed by atoms with E-state index < -0.39 is 0 Å². The Morgan fingerprint density at radius 1 is 1.08 bits per heavy atom. The van der Waals surface area contributed by atoms with Gasteiger partial charge in [-0.05, 0) is 35.9 Å². The summed E-state index contributed by atoms with van der Waals surface area (Å²) in [5, 5.41) is 0.785. The van der Waals surface area contributed by atoms with Crippen molar-refractivity contribution in [1.29, 1.82) is 0 Å². The van der Waals surface area contributed by atoms with Crippen LogP contribution in [0.2, 0.25) is 5.02 Å². The van der Waals surface area contributed by atoms with E-state index in [9.17, 15) is 0 Å². The first-order chi connectivity index (χ1) is 11.7. The molecule has 1 atom stereocenters. The van der Waals surface area contributed by atoms with Gasteiger partial charge < -0.3 is 15.4 Å². The van der Waals surface area contributed by atoms with Crippen molar-refractivity contribution in [2.75, 3.05) is 44.7 Å². The lowest BCUT2D eigenvalue weighted by atomic mass is 10.0. The Bertz CT molecular complexity index is 654. The molecule has 128 valence electrons. The van der Waals surface area contributed by atoms with Crippen molar-refractivity contribution in [3.63, 3.8) is 0 Å². The fraction of sp³-hybridized carbons (Fsp3) is 0.368. The van der Waals surface area contributed by atoms with Crippen LogP contribution in [0.5, 0.6) is 5.75 Å². The van der Waals surface area contributed by atoms with E-state index in [-0.39, 0.29) is 6.04 Å². The lowest BCUT2D eigenvalue weighted by Crippen LogP contribution is -2.49. The molecule has 2 aromatic carbocycles. The highest BCUT2D eigenvalue weighted by molar-refractivity contribution is 6.30. The second kappa shape index (κ2) is 7.88. The van der Waals surface area contributed by atoms with Gasteiger partial charge in [-0.2, -0.15) is 0 Å². The summed E-state index contributed by atoms with van der Waals surface area (Å²) in [5.41, 5.74) is 8.50. The van der Waals surface area contributed by atoms with Gasteiger partial charge in [0.2, 0.25) is 0 Å². The lowest BCUT2D eigenvalue weighted by Gasteiger charge is -2.40. The van der Waals surface area contributed by atoms with E-state index in [4.69, 9.17) is 22.1 Å². The van der Waals surface area contributed by atoms with E-state index in [1.807, 2.05) is 30.3 Å². The third kappa shape index (κ3) is 3.83. The van der Waals surface area contributed by atoms with Gasteiger partial charge in [-0.1, -0.05) is 29.8 Å². The predicted octanol–water partition coefficient (Wildman–Crippen LogP) is 3.17. The first kappa shape index (κ1) is 17.1. The summed E-state index contributed by atoms with van der Waals surface area (Å²) < 4.78 is 5.24. The number of methoxy groups -OCH3 is 1. The number of rotatable bonds is 5. The van der Waals surface area contributed by atoms with Gasteiger partial charge in [-0.15, -0.1) is 0 Å². The van der Waals surface area contributed by atoms with Crippen LogP contribution in [0.4, 0.5) is 5.69 Å². The van der Waals surface area contributed by atoms with Gasteiger partial charge in [-0.3, -0.25) is 4.90 Å². The number of hydrogen-bond acceptors (Lipinski definition) is 4. The van der Waals surface area contributed by atoms with Crippen LogP contribution < -0.4 is 15.4 Å². The van der Waals surface area contributed by atoms with Crippen molar-refractivity contribution in [2.45, 2.75) is 6.04 Å². The summed E-state index contributed by atoms with van der Waals surface area (Å²) in [7, 11) is 1.69. The van der Waals surface area contributed by atoms with E-state index in [1.54, 1.807) is 7.11 Å². The Labute approximate surface area is 148 Å². The molecular formula is C19H24ClN3O. The van der Waals surface area contributed by atoms with Crippen LogP contribution in [0, 0.1) is 0 Å². The topological polar surface area (TPSA) is 41.7 Å². The molecule has 0 bridgehead atoms. The number of nitrogens with two attached hydrogens (primary N) is 1. The van der Waals surface area contributed by atoms with E-state index in [1.165, 1.54) is 11.3 Å². The van der Waals surface area contributed by atoms with Crippen LogP contribution >= 0.6 is 11.6 Å². The highest BCUT2D eigenvalue weighted by Gasteiger charge is 2.24. The summed E-state index contributed by atoms with van der Waals surface area (Å²) in [6.07, 6.45) is 0. The first-order valence-corrected chi connectivity index (χ1v) is 8.67. The molecule has 0 saturated carbocycles. The lowest BCUT2D eigenvalue weighted by molar-refractivity contribution is 0.190. The molecule has 1 saturated heterocycles. The predicted molar refractivity (Wildman–Crippen MR) is 100 cm³/mol. The number of halogens is 1. The maximum absolute atomic E-state index is 6.11. The maximum Gasteiger partial charge on any atom is 0.118 e. The summed E-state index contributed by atoms with van der Waals surface area (Å²) in [6, 6.07) is 16.5. The molecule has 4 nitrogen and oxygen atoms in total. The standard InChI is InChI=1S/C19H24ClN3O/c1-24-18-7-5-15(6-8-18)19(14-21)23-11-9-22(10-12-23)17-4-2-3-16(20)13-17/h2-8,13,19H,9-12,14,21H2,1H3/t19-/m0/s1. The second-order valence-corrected chi connectivity index (χ2v) is 6.46. The van der Waals surface area contributed by atoms with Gasteiger partial charge in [0.25, 0.3) is 0 Å². The Morgan fingerprint density at radius 3 is 2.38 bits per heavy atom. The number of piperazine rings is 1. The zero-order valence-electron chi connectivity index (χ0n) is 14.0. The molecule has 0 spiro atoms. The highest BCUT2D eigenvalue weighted by Crippen LogP contribution is 2.26. The van der Waals surface area contributed by atoms with Crippen molar-refractivity contribution in [1.82, 2.24) is 4.90 Å². The smallest absolute Gasteiger partial charge is 0.118 e. The molecule has 1 aliphatic rings. The van der Waals surface area contributed by atoms with Crippen LogP contribution in [0.25, 0.3) is 0 Å². The molecule has 0 aliphatic carbocycles. The molecule has 24 heavy (non-hydrogen) atoms. The van der Waals surface area contributed by atoms with Crippen molar-refractivity contribution in [2.24, 2.45) is 5.73 Å². The van der Waals surface area contributed by atoms with Crippen LogP contribution in [0.15, 0.2) is 48.5 Å². The van der Waals surface area contributed by atoms with Crippen LogP contribution in [0.1, 0.15) is 11.6 Å². The maximum atomic E-state index is 6.11. The van der Waals surface area contributed by atoms with Crippen LogP contribution in [0.3, 0.4) is 0 Å². The van der Waals surface area contributed by atoms with Crippen LogP contribution in [-0.2, 0) is 0 Å². The highest BCUT2D eigenvalue weighted by atomic mass is 35.5. The van der Waals surface area contributed by atoms with Crippen LogP contribution in [-0.4, -0.2) is 44.7 Å². The molecule has 1 fully saturated rings. The Kier molecular flexibility index (Phi) is 5.61. The number of ether oxygens (including phenoxy) is 1. The Hall–Kier alpha value is -1.75. The molecule has 1 aliphatic heterocycles. The van der Waals surface area contributed by atoms with Gasteiger partial charge in [0.1, 0.15) is 5.75 Å². The zero-order chi connectivity index (χ0) is 16.9. The molecule has 0 unspecified atom stereocenters. The minimum absolute atomic E-state index is 0.248. The van der Waals surface area contributed by atoms with Crippen molar-refractivity contribution < 1.29 is 4.74 Å². The monoisotopic (exact) mass is 345 g/mol. The van der Waals surface area contributed by atoms with E-state index in [0.29, 0.717) is 6.54 Å². The number of anilines is 1. The third-order valence-electron chi connectivity index (χ3n) is 4.65. The zero-order valence-corrected chi connectivity index (χ0v) is 14.7. The molecule has 2 aromatic rings. The molecular weight excluding hydrogens is 322 g/mol. The average Bonchev–Trinajstić information content (AvgIpc) is 2.63. The summed E-state index contributed by atoms with van der Waals surface area (Å²) >= 11 is 6.11. The minimum Gasteiger partial charge on any atom is -0.497 e. The van der Waals surface area contributed by atoms with E-state index in [0.717, 1.165) is 37.0 Å². The SMILES string of the molecule is COc1ccc([C@H](CN)N2CCN(c3cccc(Cl)c3)CC2)cc1. The molecule has 1 heterocycles. The molecule has 3 rings (SSSR count). The number of benzene rings is 2. The summed E-state index contributed by atoms with van der Waals surface area (Å²) in [4.78, 5) is 4.84. The number of nitrogens with zero attached hydrogens (tertiary/aromatic N) is 2. The molecule has 0 aromatic heterocycles.